The molecule has 1 unspecified atom stereocenters. The van der Waals surface area contributed by atoms with Crippen LogP contribution in [0.15, 0.2) is 0 Å². The summed E-state index contributed by atoms with van der Waals surface area (Å²) in [6, 6.07) is 0. The quantitative estimate of drug-likeness (QED) is 0.741. The molecule has 0 bridgehead atoms. The average Bonchev–Trinajstić information content (AvgIpc) is 2.87. The Labute approximate surface area is 112 Å². The summed E-state index contributed by atoms with van der Waals surface area (Å²) in [4.78, 5) is 27.9. The van der Waals surface area contributed by atoms with Gasteiger partial charge < -0.3 is 20.9 Å². The molecule has 0 spiro atoms. The standard InChI is InChI=1S/C11H19N7O/c1-13-9-14-10(17(2)3)16-11(15-9)18-5-4-7(6-18)8(12)19/h7H,4-6H2,1-3H3,(H2,12,19)(H,13,14,15,16). The fourth-order valence-corrected chi connectivity index (χ4v) is 1.98. The van der Waals surface area contributed by atoms with Crippen molar-refractivity contribution in [3.05, 3.63) is 0 Å². The zero-order chi connectivity index (χ0) is 14.0. The smallest absolute Gasteiger partial charge is 0.231 e. The van der Waals surface area contributed by atoms with Crippen LogP contribution in [0.25, 0.3) is 0 Å². The van der Waals surface area contributed by atoms with Crippen molar-refractivity contribution >= 4 is 23.8 Å². The van der Waals surface area contributed by atoms with Gasteiger partial charge in [-0.3, -0.25) is 4.79 Å². The summed E-state index contributed by atoms with van der Waals surface area (Å²) in [7, 11) is 5.50. The molecule has 1 atom stereocenters. The van der Waals surface area contributed by atoms with Gasteiger partial charge in [-0.2, -0.15) is 15.0 Å². The molecule has 1 aromatic rings. The highest BCUT2D eigenvalue weighted by Gasteiger charge is 2.28. The fraction of sp³-hybridized carbons (Fsp3) is 0.636. The Balaban J connectivity index is 2.25. The lowest BCUT2D eigenvalue weighted by Crippen LogP contribution is -2.29. The molecule has 1 aliphatic rings. The highest BCUT2D eigenvalue weighted by Crippen LogP contribution is 2.22. The second-order valence-corrected chi connectivity index (χ2v) is 4.74. The molecule has 1 aliphatic heterocycles. The number of nitrogens with zero attached hydrogens (tertiary/aromatic N) is 5. The first-order valence-corrected chi connectivity index (χ1v) is 6.16. The van der Waals surface area contributed by atoms with Gasteiger partial charge in [-0.25, -0.2) is 0 Å². The van der Waals surface area contributed by atoms with Crippen LogP contribution in [0.3, 0.4) is 0 Å². The van der Waals surface area contributed by atoms with Gasteiger partial charge in [-0.1, -0.05) is 0 Å². The van der Waals surface area contributed by atoms with Gasteiger partial charge in [0.25, 0.3) is 0 Å². The predicted octanol–water partition coefficient (Wildman–Crippen LogP) is -0.709. The molecule has 1 saturated heterocycles. The third kappa shape index (κ3) is 2.83. The van der Waals surface area contributed by atoms with Crippen molar-refractivity contribution in [2.45, 2.75) is 6.42 Å². The Morgan fingerprint density at radius 2 is 2.16 bits per heavy atom. The average molecular weight is 265 g/mol. The van der Waals surface area contributed by atoms with E-state index in [9.17, 15) is 4.79 Å². The molecule has 3 N–H and O–H groups in total. The van der Waals surface area contributed by atoms with Gasteiger partial charge in [-0.15, -0.1) is 0 Å². The number of amides is 1. The number of carbonyl (C=O) groups is 1. The number of carbonyl (C=O) groups excluding carboxylic acids is 1. The maximum absolute atomic E-state index is 11.2. The van der Waals surface area contributed by atoms with Gasteiger partial charge in [0.1, 0.15) is 0 Å². The van der Waals surface area contributed by atoms with E-state index in [0.29, 0.717) is 24.4 Å². The molecule has 104 valence electrons. The minimum absolute atomic E-state index is 0.127. The van der Waals surface area contributed by atoms with Crippen LogP contribution < -0.4 is 20.9 Å². The monoisotopic (exact) mass is 265 g/mol. The van der Waals surface area contributed by atoms with E-state index in [1.54, 1.807) is 7.05 Å². The van der Waals surface area contributed by atoms with Crippen molar-refractivity contribution in [1.29, 1.82) is 0 Å². The summed E-state index contributed by atoms with van der Waals surface area (Å²) in [5.74, 6) is 1.27. The van der Waals surface area contributed by atoms with E-state index in [1.165, 1.54) is 0 Å². The van der Waals surface area contributed by atoms with Crippen LogP contribution in [-0.2, 0) is 4.79 Å². The third-order valence-electron chi connectivity index (χ3n) is 3.11. The van der Waals surface area contributed by atoms with Gasteiger partial charge in [0.2, 0.25) is 23.8 Å². The molecule has 1 amide bonds. The molecule has 19 heavy (non-hydrogen) atoms. The highest BCUT2D eigenvalue weighted by molar-refractivity contribution is 5.78. The number of anilines is 3. The van der Waals surface area contributed by atoms with Crippen molar-refractivity contribution < 1.29 is 4.79 Å². The topological polar surface area (TPSA) is 100 Å². The zero-order valence-corrected chi connectivity index (χ0v) is 11.4. The summed E-state index contributed by atoms with van der Waals surface area (Å²) in [6.07, 6.45) is 0.743. The molecule has 0 radical (unpaired) electrons. The Bertz CT molecular complexity index is 476. The lowest BCUT2D eigenvalue weighted by atomic mass is 10.1. The van der Waals surface area contributed by atoms with E-state index in [-0.39, 0.29) is 11.8 Å². The highest BCUT2D eigenvalue weighted by atomic mass is 16.1. The minimum Gasteiger partial charge on any atom is -0.369 e. The fourth-order valence-electron chi connectivity index (χ4n) is 1.98. The first-order chi connectivity index (χ1) is 9.01. The number of primary amides is 1. The van der Waals surface area contributed by atoms with E-state index in [1.807, 2.05) is 23.9 Å². The van der Waals surface area contributed by atoms with Crippen LogP contribution >= 0.6 is 0 Å². The van der Waals surface area contributed by atoms with Gasteiger partial charge >= 0.3 is 0 Å². The number of nitrogens with two attached hydrogens (primary N) is 1. The molecular formula is C11H19N7O. The molecular weight excluding hydrogens is 246 g/mol. The van der Waals surface area contributed by atoms with Crippen molar-refractivity contribution in [3.63, 3.8) is 0 Å². The number of rotatable bonds is 4. The van der Waals surface area contributed by atoms with E-state index in [4.69, 9.17) is 5.73 Å². The molecule has 0 aromatic carbocycles. The molecule has 1 aromatic heterocycles. The van der Waals surface area contributed by atoms with Crippen LogP contribution in [-0.4, -0.2) is 55.1 Å². The van der Waals surface area contributed by atoms with E-state index >= 15 is 0 Å². The minimum atomic E-state index is -0.266. The third-order valence-corrected chi connectivity index (χ3v) is 3.11. The number of hydrogen-bond acceptors (Lipinski definition) is 7. The summed E-state index contributed by atoms with van der Waals surface area (Å²) in [5.41, 5.74) is 5.33. The number of aromatic nitrogens is 3. The molecule has 0 aliphatic carbocycles. The van der Waals surface area contributed by atoms with Crippen LogP contribution in [0, 0.1) is 5.92 Å². The first kappa shape index (κ1) is 13.3. The number of hydrogen-bond donors (Lipinski definition) is 2. The van der Waals surface area contributed by atoms with Crippen LogP contribution in [0.4, 0.5) is 17.8 Å². The second-order valence-electron chi connectivity index (χ2n) is 4.74. The first-order valence-electron chi connectivity index (χ1n) is 6.16. The Hall–Kier alpha value is -2.12. The lowest BCUT2D eigenvalue weighted by Gasteiger charge is -2.19. The zero-order valence-electron chi connectivity index (χ0n) is 11.4. The molecule has 8 nitrogen and oxygen atoms in total. The van der Waals surface area contributed by atoms with Crippen LogP contribution in [0.2, 0.25) is 0 Å². The van der Waals surface area contributed by atoms with E-state index < -0.39 is 0 Å². The molecule has 2 rings (SSSR count). The summed E-state index contributed by atoms with van der Waals surface area (Å²) < 4.78 is 0. The maximum atomic E-state index is 11.2. The maximum Gasteiger partial charge on any atom is 0.231 e. The Morgan fingerprint density at radius 1 is 1.42 bits per heavy atom. The SMILES string of the molecule is CNc1nc(N(C)C)nc(N2CCC(C(N)=O)C2)n1. The molecule has 8 heteroatoms. The van der Waals surface area contributed by atoms with Crippen LogP contribution in [0.5, 0.6) is 0 Å². The normalized spacial score (nSPS) is 18.5. The van der Waals surface area contributed by atoms with E-state index in [2.05, 4.69) is 20.3 Å². The Morgan fingerprint density at radius 3 is 2.68 bits per heavy atom. The van der Waals surface area contributed by atoms with Gasteiger partial charge in [-0.05, 0) is 6.42 Å². The predicted molar refractivity (Wildman–Crippen MR) is 73.2 cm³/mol. The van der Waals surface area contributed by atoms with Crippen molar-refractivity contribution in [2.24, 2.45) is 11.7 Å². The van der Waals surface area contributed by atoms with E-state index in [0.717, 1.165) is 13.0 Å². The van der Waals surface area contributed by atoms with Gasteiger partial charge in [0.15, 0.2) is 0 Å². The van der Waals surface area contributed by atoms with Crippen LogP contribution in [0.1, 0.15) is 6.42 Å². The van der Waals surface area contributed by atoms with Crippen molar-refractivity contribution in [1.82, 2.24) is 15.0 Å². The molecule has 2 heterocycles. The van der Waals surface area contributed by atoms with Gasteiger partial charge in [0.05, 0.1) is 5.92 Å². The summed E-state index contributed by atoms with van der Waals surface area (Å²) >= 11 is 0. The molecule has 0 saturated carbocycles. The second kappa shape index (κ2) is 5.25. The number of nitrogens with one attached hydrogen (secondary N) is 1. The lowest BCUT2D eigenvalue weighted by molar-refractivity contribution is -0.121. The van der Waals surface area contributed by atoms with Crippen molar-refractivity contribution in [2.75, 3.05) is 49.3 Å². The Kier molecular flexibility index (Phi) is 3.68. The largest absolute Gasteiger partial charge is 0.369 e. The van der Waals surface area contributed by atoms with Crippen molar-refractivity contribution in [3.8, 4) is 0 Å². The molecule has 1 fully saturated rings. The summed E-state index contributed by atoms with van der Waals surface area (Å²) in [5, 5.41) is 2.91. The van der Waals surface area contributed by atoms with Gasteiger partial charge in [0, 0.05) is 34.2 Å². The summed E-state index contributed by atoms with van der Waals surface area (Å²) in [6.45, 7) is 1.29.